The lowest BCUT2D eigenvalue weighted by Crippen LogP contribution is -2.26. The van der Waals surface area contributed by atoms with Crippen LogP contribution >= 0.6 is 0 Å². The van der Waals surface area contributed by atoms with Crippen molar-refractivity contribution in [1.82, 2.24) is 0 Å². The molecule has 0 amide bonds. The lowest BCUT2D eigenvalue weighted by molar-refractivity contribution is -0.150. The Kier molecular flexibility index (Phi) is 6.76. The number of hydrogen-bond donors (Lipinski definition) is 1. The second-order valence-corrected chi connectivity index (χ2v) is 7.53. The fraction of sp³-hybridized carbons (Fsp3) is 0.348. The summed E-state index contributed by atoms with van der Waals surface area (Å²) < 4.78 is 5.45. The van der Waals surface area contributed by atoms with Crippen molar-refractivity contribution in [2.75, 3.05) is 6.61 Å². The average molecular weight is 352 g/mol. The molecule has 0 saturated carbocycles. The molecule has 2 rings (SSSR count). The van der Waals surface area contributed by atoms with Crippen molar-refractivity contribution in [3.63, 3.8) is 0 Å². The molecule has 0 aliphatic heterocycles. The van der Waals surface area contributed by atoms with Gasteiger partial charge in [0.05, 0.1) is 6.61 Å². The number of esters is 1. The Morgan fingerprint density at radius 2 is 1.42 bits per heavy atom. The summed E-state index contributed by atoms with van der Waals surface area (Å²) in [4.78, 5) is 12.4. The van der Waals surface area contributed by atoms with Crippen LogP contribution in [0.15, 0.2) is 72.8 Å². The molecule has 3 nitrogen and oxygen atoms in total. The molecule has 26 heavy (non-hydrogen) atoms. The van der Waals surface area contributed by atoms with Crippen molar-refractivity contribution in [3.8, 4) is 0 Å². The van der Waals surface area contributed by atoms with Gasteiger partial charge in [-0.3, -0.25) is 0 Å². The maximum absolute atomic E-state index is 12.4. The van der Waals surface area contributed by atoms with E-state index in [0.717, 1.165) is 11.1 Å². The highest BCUT2D eigenvalue weighted by Gasteiger charge is 2.28. The Balaban J connectivity index is 2.30. The van der Waals surface area contributed by atoms with E-state index in [1.165, 1.54) is 0 Å². The highest BCUT2D eigenvalue weighted by Crippen LogP contribution is 2.37. The van der Waals surface area contributed by atoms with E-state index in [9.17, 15) is 9.90 Å². The first-order valence-electron chi connectivity index (χ1n) is 8.93. The van der Waals surface area contributed by atoms with Gasteiger partial charge >= 0.3 is 5.97 Å². The number of hydrogen-bond acceptors (Lipinski definition) is 3. The lowest BCUT2D eigenvalue weighted by Gasteiger charge is -2.28. The van der Waals surface area contributed by atoms with Gasteiger partial charge in [0.15, 0.2) is 0 Å². The number of carbonyl (C=O) groups excluding carboxylic acids is 1. The lowest BCUT2D eigenvalue weighted by atomic mass is 9.78. The van der Waals surface area contributed by atoms with E-state index in [-0.39, 0.29) is 24.4 Å². The van der Waals surface area contributed by atoms with Gasteiger partial charge in [0.1, 0.15) is 5.60 Å². The fourth-order valence-corrected chi connectivity index (χ4v) is 3.06. The SMILES string of the molecule is C=C(C[C@H](c1ccccc1)[C@H](CO)c1ccccc1)C(=O)OC(C)(C)C. The standard InChI is InChI=1S/C23H28O3/c1-17(22(25)26-23(2,3)4)15-20(18-11-7-5-8-12-18)21(16-24)19-13-9-6-10-14-19/h5-14,20-21,24H,1,15-16H2,2-4H3/t20-,21-/m1/s1. The van der Waals surface area contributed by atoms with Crippen molar-refractivity contribution < 1.29 is 14.6 Å². The van der Waals surface area contributed by atoms with Crippen LogP contribution in [0.3, 0.4) is 0 Å². The minimum Gasteiger partial charge on any atom is -0.457 e. The first-order valence-corrected chi connectivity index (χ1v) is 8.93. The second-order valence-electron chi connectivity index (χ2n) is 7.53. The van der Waals surface area contributed by atoms with Crippen LogP contribution in [-0.2, 0) is 9.53 Å². The molecular weight excluding hydrogens is 324 g/mol. The first kappa shape index (κ1) is 19.9. The molecule has 138 valence electrons. The second kappa shape index (κ2) is 8.81. The van der Waals surface area contributed by atoms with Crippen LogP contribution in [0.1, 0.15) is 50.2 Å². The van der Waals surface area contributed by atoms with Crippen molar-refractivity contribution in [3.05, 3.63) is 83.9 Å². The molecule has 2 atom stereocenters. The van der Waals surface area contributed by atoms with Gasteiger partial charge in [-0.2, -0.15) is 0 Å². The van der Waals surface area contributed by atoms with E-state index in [1.54, 1.807) is 0 Å². The number of ether oxygens (including phenoxy) is 1. The summed E-state index contributed by atoms with van der Waals surface area (Å²) in [5.41, 5.74) is 1.97. The summed E-state index contributed by atoms with van der Waals surface area (Å²) >= 11 is 0. The Hall–Kier alpha value is -2.39. The zero-order valence-corrected chi connectivity index (χ0v) is 15.8. The molecule has 0 radical (unpaired) electrons. The smallest absolute Gasteiger partial charge is 0.333 e. The fourth-order valence-electron chi connectivity index (χ4n) is 3.06. The van der Waals surface area contributed by atoms with Crippen LogP contribution in [-0.4, -0.2) is 23.3 Å². The largest absolute Gasteiger partial charge is 0.457 e. The van der Waals surface area contributed by atoms with Crippen molar-refractivity contribution in [2.45, 2.75) is 44.6 Å². The molecule has 0 saturated heterocycles. The first-order chi connectivity index (χ1) is 12.3. The van der Waals surface area contributed by atoms with Crippen LogP contribution in [0.5, 0.6) is 0 Å². The molecule has 2 aromatic carbocycles. The number of carbonyl (C=O) groups is 1. The Morgan fingerprint density at radius 3 is 1.85 bits per heavy atom. The maximum Gasteiger partial charge on any atom is 0.333 e. The zero-order valence-electron chi connectivity index (χ0n) is 15.8. The molecule has 0 bridgehead atoms. The van der Waals surface area contributed by atoms with E-state index in [2.05, 4.69) is 6.58 Å². The summed E-state index contributed by atoms with van der Waals surface area (Å²) in [6, 6.07) is 19.8. The van der Waals surface area contributed by atoms with Crippen molar-refractivity contribution >= 4 is 5.97 Å². The summed E-state index contributed by atoms with van der Waals surface area (Å²) in [6.07, 6.45) is 0.430. The molecule has 3 heteroatoms. The van der Waals surface area contributed by atoms with Crippen molar-refractivity contribution in [2.24, 2.45) is 0 Å². The Morgan fingerprint density at radius 1 is 0.962 bits per heavy atom. The maximum atomic E-state index is 12.4. The van der Waals surface area contributed by atoms with Gasteiger partial charge in [-0.15, -0.1) is 0 Å². The van der Waals surface area contributed by atoms with Gasteiger partial charge in [-0.05, 0) is 44.2 Å². The quantitative estimate of drug-likeness (QED) is 0.573. The molecule has 0 unspecified atom stereocenters. The normalized spacial score (nSPS) is 13.7. The van der Waals surface area contributed by atoms with E-state index < -0.39 is 5.60 Å². The summed E-state index contributed by atoms with van der Waals surface area (Å²) in [5.74, 6) is -0.579. The minimum absolute atomic E-state index is 0.00876. The van der Waals surface area contributed by atoms with E-state index >= 15 is 0 Å². The predicted molar refractivity (Wildman–Crippen MR) is 105 cm³/mol. The third kappa shape index (κ3) is 5.57. The Bertz CT molecular complexity index is 714. The summed E-state index contributed by atoms with van der Waals surface area (Å²) in [5, 5.41) is 10.1. The molecule has 0 heterocycles. The predicted octanol–water partition coefficient (Wildman–Crippen LogP) is 4.83. The zero-order chi connectivity index (χ0) is 19.2. The third-order valence-corrected chi connectivity index (χ3v) is 4.29. The monoisotopic (exact) mass is 352 g/mol. The number of aliphatic hydroxyl groups excluding tert-OH is 1. The Labute approximate surface area is 156 Å². The van der Waals surface area contributed by atoms with Crippen LogP contribution in [0.2, 0.25) is 0 Å². The van der Waals surface area contributed by atoms with Crippen LogP contribution in [0.4, 0.5) is 0 Å². The summed E-state index contributed by atoms with van der Waals surface area (Å²) in [7, 11) is 0. The molecule has 0 spiro atoms. The van der Waals surface area contributed by atoms with Crippen LogP contribution < -0.4 is 0 Å². The van der Waals surface area contributed by atoms with Gasteiger partial charge < -0.3 is 9.84 Å². The highest BCUT2D eigenvalue weighted by molar-refractivity contribution is 5.88. The molecule has 1 N–H and O–H groups in total. The van der Waals surface area contributed by atoms with Gasteiger partial charge in [-0.25, -0.2) is 4.79 Å². The number of benzene rings is 2. The van der Waals surface area contributed by atoms with Crippen molar-refractivity contribution in [1.29, 1.82) is 0 Å². The van der Waals surface area contributed by atoms with Gasteiger partial charge in [-0.1, -0.05) is 67.2 Å². The number of rotatable bonds is 7. The summed E-state index contributed by atoms with van der Waals surface area (Å²) in [6.45, 7) is 9.47. The van der Waals surface area contributed by atoms with E-state index in [1.807, 2.05) is 81.4 Å². The third-order valence-electron chi connectivity index (χ3n) is 4.29. The molecule has 2 aromatic rings. The van der Waals surface area contributed by atoms with Crippen LogP contribution in [0, 0.1) is 0 Å². The van der Waals surface area contributed by atoms with Gasteiger partial charge in [0.2, 0.25) is 0 Å². The number of aliphatic hydroxyl groups is 1. The van der Waals surface area contributed by atoms with E-state index in [0.29, 0.717) is 12.0 Å². The molecule has 0 aliphatic rings. The highest BCUT2D eigenvalue weighted by atomic mass is 16.6. The van der Waals surface area contributed by atoms with Crippen LogP contribution in [0.25, 0.3) is 0 Å². The average Bonchev–Trinajstić information content (AvgIpc) is 2.61. The van der Waals surface area contributed by atoms with E-state index in [4.69, 9.17) is 4.74 Å². The van der Waals surface area contributed by atoms with Gasteiger partial charge in [0, 0.05) is 11.5 Å². The molecule has 0 fully saturated rings. The van der Waals surface area contributed by atoms with Gasteiger partial charge in [0.25, 0.3) is 0 Å². The topological polar surface area (TPSA) is 46.5 Å². The molecular formula is C23H28O3. The minimum atomic E-state index is -0.557. The molecule has 0 aromatic heterocycles. The molecule has 0 aliphatic carbocycles.